The van der Waals surface area contributed by atoms with Crippen molar-refractivity contribution in [1.82, 2.24) is 4.57 Å². The van der Waals surface area contributed by atoms with Crippen LogP contribution in [0.25, 0.3) is 11.1 Å². The van der Waals surface area contributed by atoms with Gasteiger partial charge in [-0.1, -0.05) is 78.6 Å². The standard InChI is InChI=1S/C29H25NO2/c1-3-32-29(31)28-22(2)30(20-24-14-8-5-9-15-24)21-27(28)26-17-11-10-16-25(26)19-18-23-12-6-4-7-13-23/h4-17,21H,3,20H2,1-2H3. The van der Waals surface area contributed by atoms with Gasteiger partial charge < -0.3 is 9.30 Å². The summed E-state index contributed by atoms with van der Waals surface area (Å²) in [6.07, 6.45) is 2.04. The van der Waals surface area contributed by atoms with Crippen molar-refractivity contribution in [3.8, 4) is 23.0 Å². The van der Waals surface area contributed by atoms with Crippen molar-refractivity contribution in [1.29, 1.82) is 0 Å². The van der Waals surface area contributed by atoms with Crippen LogP contribution in [0.15, 0.2) is 91.1 Å². The zero-order valence-corrected chi connectivity index (χ0v) is 18.3. The van der Waals surface area contributed by atoms with Gasteiger partial charge in [0.05, 0.1) is 12.2 Å². The van der Waals surface area contributed by atoms with Crippen LogP contribution < -0.4 is 0 Å². The molecule has 158 valence electrons. The topological polar surface area (TPSA) is 31.2 Å². The molecule has 0 radical (unpaired) electrons. The maximum Gasteiger partial charge on any atom is 0.340 e. The second-order valence-electron chi connectivity index (χ2n) is 7.50. The lowest BCUT2D eigenvalue weighted by atomic mass is 9.98. The first kappa shape index (κ1) is 21.2. The minimum absolute atomic E-state index is 0.308. The van der Waals surface area contributed by atoms with Crippen LogP contribution in [0, 0.1) is 18.8 Å². The summed E-state index contributed by atoms with van der Waals surface area (Å²) < 4.78 is 7.52. The molecule has 0 saturated carbocycles. The summed E-state index contributed by atoms with van der Waals surface area (Å²) in [5, 5.41) is 0. The molecule has 0 unspecified atom stereocenters. The lowest BCUT2D eigenvalue weighted by Gasteiger charge is -2.08. The van der Waals surface area contributed by atoms with E-state index in [0.717, 1.165) is 27.9 Å². The summed E-state index contributed by atoms with van der Waals surface area (Å²) in [5.41, 5.74) is 6.24. The summed E-state index contributed by atoms with van der Waals surface area (Å²) in [6, 6.07) is 28.1. The fourth-order valence-corrected chi connectivity index (χ4v) is 3.75. The number of hydrogen-bond acceptors (Lipinski definition) is 2. The van der Waals surface area contributed by atoms with Crippen LogP contribution in [-0.2, 0) is 11.3 Å². The Bertz CT molecular complexity index is 1280. The van der Waals surface area contributed by atoms with Crippen LogP contribution in [0.5, 0.6) is 0 Å². The van der Waals surface area contributed by atoms with E-state index >= 15 is 0 Å². The zero-order valence-electron chi connectivity index (χ0n) is 18.3. The monoisotopic (exact) mass is 419 g/mol. The Morgan fingerprint density at radius 3 is 2.22 bits per heavy atom. The van der Waals surface area contributed by atoms with Gasteiger partial charge in [0.2, 0.25) is 0 Å². The Balaban J connectivity index is 1.82. The van der Waals surface area contributed by atoms with Crippen LogP contribution >= 0.6 is 0 Å². The Morgan fingerprint density at radius 1 is 0.844 bits per heavy atom. The third kappa shape index (κ3) is 4.66. The fraction of sp³-hybridized carbons (Fsp3) is 0.138. The van der Waals surface area contributed by atoms with Gasteiger partial charge in [-0.25, -0.2) is 4.79 Å². The van der Waals surface area contributed by atoms with Gasteiger partial charge in [0.15, 0.2) is 0 Å². The Morgan fingerprint density at radius 2 is 1.50 bits per heavy atom. The highest BCUT2D eigenvalue weighted by molar-refractivity contribution is 5.99. The number of carbonyl (C=O) groups is 1. The molecule has 0 fully saturated rings. The third-order valence-electron chi connectivity index (χ3n) is 5.35. The number of hydrogen-bond donors (Lipinski definition) is 0. The molecule has 4 aromatic rings. The van der Waals surface area contributed by atoms with Crippen molar-refractivity contribution >= 4 is 5.97 Å². The van der Waals surface area contributed by atoms with Crippen LogP contribution in [0.3, 0.4) is 0 Å². The molecule has 0 spiro atoms. The first-order valence-electron chi connectivity index (χ1n) is 10.7. The van der Waals surface area contributed by atoms with Crippen LogP contribution in [0.1, 0.15) is 39.7 Å². The van der Waals surface area contributed by atoms with E-state index < -0.39 is 0 Å². The summed E-state index contributed by atoms with van der Waals surface area (Å²) in [4.78, 5) is 12.9. The zero-order chi connectivity index (χ0) is 22.3. The predicted octanol–water partition coefficient (Wildman–Crippen LogP) is 6.09. The number of nitrogens with zero attached hydrogens (tertiary/aromatic N) is 1. The highest BCUT2D eigenvalue weighted by Crippen LogP contribution is 2.32. The van der Waals surface area contributed by atoms with Crippen LogP contribution in [0.4, 0.5) is 0 Å². The highest BCUT2D eigenvalue weighted by atomic mass is 16.5. The largest absolute Gasteiger partial charge is 0.462 e. The maximum atomic E-state index is 12.9. The van der Waals surface area contributed by atoms with E-state index in [-0.39, 0.29) is 5.97 Å². The fourth-order valence-electron chi connectivity index (χ4n) is 3.75. The average Bonchev–Trinajstić information content (AvgIpc) is 3.15. The molecule has 0 aliphatic rings. The molecule has 0 aliphatic carbocycles. The number of ether oxygens (including phenoxy) is 1. The smallest absolute Gasteiger partial charge is 0.340 e. The number of carbonyl (C=O) groups excluding carboxylic acids is 1. The first-order chi connectivity index (χ1) is 15.7. The molecule has 0 atom stereocenters. The van der Waals surface area contributed by atoms with Gasteiger partial charge in [-0.2, -0.15) is 0 Å². The van der Waals surface area contributed by atoms with Gasteiger partial charge in [-0.15, -0.1) is 0 Å². The average molecular weight is 420 g/mol. The van der Waals surface area contributed by atoms with E-state index in [0.29, 0.717) is 18.7 Å². The van der Waals surface area contributed by atoms with Crippen molar-refractivity contribution in [3.63, 3.8) is 0 Å². The van der Waals surface area contributed by atoms with E-state index in [4.69, 9.17) is 4.74 Å². The number of benzene rings is 3. The quantitative estimate of drug-likeness (QED) is 0.290. The lowest BCUT2D eigenvalue weighted by molar-refractivity contribution is 0.0526. The molecular formula is C29H25NO2. The summed E-state index contributed by atoms with van der Waals surface area (Å²) in [6.45, 7) is 4.80. The minimum Gasteiger partial charge on any atom is -0.462 e. The molecule has 3 nitrogen and oxygen atoms in total. The van der Waals surface area contributed by atoms with Gasteiger partial charge >= 0.3 is 5.97 Å². The normalized spacial score (nSPS) is 10.3. The van der Waals surface area contributed by atoms with Gasteiger partial charge in [0, 0.05) is 35.1 Å². The van der Waals surface area contributed by atoms with Gasteiger partial charge in [-0.3, -0.25) is 0 Å². The highest BCUT2D eigenvalue weighted by Gasteiger charge is 2.23. The summed E-state index contributed by atoms with van der Waals surface area (Å²) >= 11 is 0. The molecule has 0 aliphatic heterocycles. The van der Waals surface area contributed by atoms with Crippen molar-refractivity contribution in [2.75, 3.05) is 6.61 Å². The first-order valence-corrected chi connectivity index (χ1v) is 10.7. The molecule has 3 aromatic carbocycles. The van der Waals surface area contributed by atoms with E-state index in [1.54, 1.807) is 0 Å². The van der Waals surface area contributed by atoms with Gasteiger partial charge in [0.25, 0.3) is 0 Å². The van der Waals surface area contributed by atoms with Crippen molar-refractivity contribution in [2.45, 2.75) is 20.4 Å². The molecule has 0 bridgehead atoms. The second kappa shape index (κ2) is 9.85. The molecule has 0 amide bonds. The van der Waals surface area contributed by atoms with E-state index in [1.165, 1.54) is 5.56 Å². The second-order valence-corrected chi connectivity index (χ2v) is 7.50. The summed E-state index contributed by atoms with van der Waals surface area (Å²) in [5.74, 6) is 6.22. The molecule has 0 saturated heterocycles. The van der Waals surface area contributed by atoms with Crippen molar-refractivity contribution in [2.24, 2.45) is 0 Å². The Hall–Kier alpha value is -4.03. The SMILES string of the molecule is CCOC(=O)c1c(-c2ccccc2C#Cc2ccccc2)cn(Cc2ccccc2)c1C. The lowest BCUT2D eigenvalue weighted by Crippen LogP contribution is -2.08. The molecule has 3 heteroatoms. The predicted molar refractivity (Wildman–Crippen MR) is 129 cm³/mol. The molecule has 1 heterocycles. The molecular weight excluding hydrogens is 394 g/mol. The summed E-state index contributed by atoms with van der Waals surface area (Å²) in [7, 11) is 0. The van der Waals surface area contributed by atoms with Crippen LogP contribution in [-0.4, -0.2) is 17.1 Å². The maximum absolute atomic E-state index is 12.9. The van der Waals surface area contributed by atoms with Crippen molar-refractivity contribution in [3.05, 3.63) is 119 Å². The van der Waals surface area contributed by atoms with E-state index in [9.17, 15) is 4.79 Å². The van der Waals surface area contributed by atoms with Gasteiger partial charge in [0.1, 0.15) is 0 Å². The van der Waals surface area contributed by atoms with Crippen molar-refractivity contribution < 1.29 is 9.53 Å². The molecule has 4 rings (SSSR count). The number of rotatable bonds is 5. The van der Waals surface area contributed by atoms with Gasteiger partial charge in [-0.05, 0) is 43.2 Å². The van der Waals surface area contributed by atoms with Crippen LogP contribution in [0.2, 0.25) is 0 Å². The molecule has 32 heavy (non-hydrogen) atoms. The van der Waals surface area contributed by atoms with E-state index in [2.05, 4.69) is 28.5 Å². The number of esters is 1. The van der Waals surface area contributed by atoms with E-state index in [1.807, 2.05) is 92.8 Å². The molecule has 0 N–H and O–H groups in total. The number of aromatic nitrogens is 1. The molecule has 1 aromatic heterocycles. The Kier molecular flexibility index (Phi) is 6.53. The minimum atomic E-state index is -0.308. The third-order valence-corrected chi connectivity index (χ3v) is 5.35. The Labute approximate surface area is 189 Å².